The molecule has 74 valence electrons. The van der Waals surface area contributed by atoms with Crippen LogP contribution in [0, 0.1) is 10.1 Å². The fourth-order valence-electron chi connectivity index (χ4n) is 0.903. The van der Waals surface area contributed by atoms with Crippen molar-refractivity contribution >= 4 is 5.69 Å². The van der Waals surface area contributed by atoms with Gasteiger partial charge in [0.15, 0.2) is 0 Å². The minimum Gasteiger partial charge on any atom is -0.290 e. The van der Waals surface area contributed by atoms with Crippen molar-refractivity contribution in [3.05, 3.63) is 49.8 Å². The van der Waals surface area contributed by atoms with Crippen molar-refractivity contribution in [1.82, 2.24) is 9.55 Å². The molecule has 1 heterocycles. The number of nitrogens with one attached hydrogen (secondary N) is 1. The zero-order valence-electron chi connectivity index (χ0n) is 7.10. The lowest BCUT2D eigenvalue weighted by Crippen LogP contribution is -2.30. The SMILES string of the molecule is C=CCn1cc([N+](=O)[O-])c(=O)[nH]c1=O. The molecule has 0 aliphatic carbocycles. The summed E-state index contributed by atoms with van der Waals surface area (Å²) in [6, 6.07) is 0. The summed E-state index contributed by atoms with van der Waals surface area (Å²) < 4.78 is 0.993. The number of nitrogens with zero attached hydrogens (tertiary/aromatic N) is 2. The summed E-state index contributed by atoms with van der Waals surface area (Å²) in [7, 11) is 0. The lowest BCUT2D eigenvalue weighted by molar-refractivity contribution is -0.386. The van der Waals surface area contributed by atoms with Crippen LogP contribution in [0.2, 0.25) is 0 Å². The molecule has 0 saturated heterocycles. The van der Waals surface area contributed by atoms with Gasteiger partial charge in [0.05, 0.1) is 11.1 Å². The molecule has 0 aliphatic rings. The van der Waals surface area contributed by atoms with Gasteiger partial charge in [-0.15, -0.1) is 6.58 Å². The van der Waals surface area contributed by atoms with E-state index in [-0.39, 0.29) is 6.54 Å². The number of aromatic amines is 1. The van der Waals surface area contributed by atoms with Crippen molar-refractivity contribution in [2.45, 2.75) is 6.54 Å². The van der Waals surface area contributed by atoms with Gasteiger partial charge in [-0.1, -0.05) is 6.08 Å². The molecular formula is C7H7N3O4. The van der Waals surface area contributed by atoms with Gasteiger partial charge >= 0.3 is 16.9 Å². The highest BCUT2D eigenvalue weighted by Crippen LogP contribution is 1.98. The Morgan fingerprint density at radius 2 is 2.29 bits per heavy atom. The molecule has 0 radical (unpaired) electrons. The minimum atomic E-state index is -1.000. The van der Waals surface area contributed by atoms with E-state index < -0.39 is 21.9 Å². The van der Waals surface area contributed by atoms with E-state index in [1.165, 1.54) is 6.08 Å². The van der Waals surface area contributed by atoms with E-state index in [4.69, 9.17) is 0 Å². The number of aromatic nitrogens is 2. The molecule has 0 unspecified atom stereocenters. The second-order valence-corrected chi connectivity index (χ2v) is 2.47. The minimum absolute atomic E-state index is 0.108. The van der Waals surface area contributed by atoms with Crippen molar-refractivity contribution < 1.29 is 4.92 Å². The van der Waals surface area contributed by atoms with Crippen molar-refractivity contribution in [2.75, 3.05) is 0 Å². The highest BCUT2D eigenvalue weighted by molar-refractivity contribution is 5.20. The average molecular weight is 197 g/mol. The molecule has 0 saturated carbocycles. The van der Waals surface area contributed by atoms with Crippen LogP contribution in [0.25, 0.3) is 0 Å². The molecule has 7 nitrogen and oxygen atoms in total. The first kappa shape index (κ1) is 9.90. The lowest BCUT2D eigenvalue weighted by Gasteiger charge is -1.98. The third kappa shape index (κ3) is 1.76. The van der Waals surface area contributed by atoms with Crippen molar-refractivity contribution in [1.29, 1.82) is 0 Å². The van der Waals surface area contributed by atoms with Gasteiger partial charge in [-0.3, -0.25) is 24.5 Å². The molecule has 7 heteroatoms. The van der Waals surface area contributed by atoms with Crippen molar-refractivity contribution in [3.63, 3.8) is 0 Å². The number of rotatable bonds is 3. The van der Waals surface area contributed by atoms with Crippen LogP contribution in [0.15, 0.2) is 28.4 Å². The Morgan fingerprint density at radius 3 is 2.79 bits per heavy atom. The number of H-pyrrole nitrogens is 1. The molecular weight excluding hydrogens is 190 g/mol. The first-order chi connectivity index (χ1) is 6.56. The first-order valence-corrected chi connectivity index (χ1v) is 3.65. The molecule has 0 aromatic carbocycles. The third-order valence-electron chi connectivity index (χ3n) is 1.51. The molecule has 14 heavy (non-hydrogen) atoms. The largest absolute Gasteiger partial charge is 0.350 e. The standard InChI is InChI=1S/C7H7N3O4/c1-2-3-9-4-5(10(13)14)6(11)8-7(9)12/h2,4H,1,3H2,(H,8,11,12). The second kappa shape index (κ2) is 3.69. The smallest absolute Gasteiger partial charge is 0.290 e. The molecule has 1 aromatic heterocycles. The molecule has 0 amide bonds. The van der Waals surface area contributed by atoms with Gasteiger partial charge in [0.25, 0.3) is 0 Å². The molecule has 1 aromatic rings. The molecule has 1 rings (SSSR count). The van der Waals surface area contributed by atoms with Crippen LogP contribution in [0.4, 0.5) is 5.69 Å². The van der Waals surface area contributed by atoms with E-state index in [9.17, 15) is 19.7 Å². The van der Waals surface area contributed by atoms with Crippen LogP contribution in [-0.2, 0) is 6.54 Å². The van der Waals surface area contributed by atoms with E-state index in [0.29, 0.717) is 0 Å². The molecule has 0 fully saturated rings. The predicted molar refractivity (Wildman–Crippen MR) is 48.2 cm³/mol. The Balaban J connectivity index is 3.42. The summed E-state index contributed by atoms with van der Waals surface area (Å²) in [6.45, 7) is 3.48. The number of hydrogen-bond donors (Lipinski definition) is 1. The first-order valence-electron chi connectivity index (χ1n) is 3.65. The quantitative estimate of drug-likeness (QED) is 0.406. The summed E-state index contributed by atoms with van der Waals surface area (Å²) in [4.78, 5) is 33.3. The third-order valence-corrected chi connectivity index (χ3v) is 1.51. The summed E-state index contributed by atoms with van der Waals surface area (Å²) >= 11 is 0. The average Bonchev–Trinajstić information content (AvgIpc) is 2.09. The maximum Gasteiger partial charge on any atom is 0.350 e. The topological polar surface area (TPSA) is 98.0 Å². The Morgan fingerprint density at radius 1 is 1.64 bits per heavy atom. The van der Waals surface area contributed by atoms with Crippen LogP contribution in [0.1, 0.15) is 0 Å². The predicted octanol–water partition coefficient (Wildman–Crippen LogP) is -0.369. The van der Waals surface area contributed by atoms with E-state index in [0.717, 1.165) is 10.8 Å². The fraction of sp³-hybridized carbons (Fsp3) is 0.143. The zero-order chi connectivity index (χ0) is 10.7. The zero-order valence-corrected chi connectivity index (χ0v) is 7.10. The van der Waals surface area contributed by atoms with Crippen LogP contribution in [0.3, 0.4) is 0 Å². The Labute approximate surface area is 77.5 Å². The molecule has 0 aliphatic heterocycles. The van der Waals surface area contributed by atoms with Gasteiger partial charge in [0.2, 0.25) is 0 Å². The number of hydrogen-bond acceptors (Lipinski definition) is 4. The monoisotopic (exact) mass is 197 g/mol. The van der Waals surface area contributed by atoms with Crippen molar-refractivity contribution in [2.24, 2.45) is 0 Å². The van der Waals surface area contributed by atoms with Gasteiger partial charge in [-0.25, -0.2) is 4.79 Å². The van der Waals surface area contributed by atoms with Crippen LogP contribution < -0.4 is 11.2 Å². The van der Waals surface area contributed by atoms with Gasteiger partial charge in [-0.2, -0.15) is 0 Å². The van der Waals surface area contributed by atoms with Crippen LogP contribution in [-0.4, -0.2) is 14.5 Å². The Kier molecular flexibility index (Phi) is 2.61. The van der Waals surface area contributed by atoms with Gasteiger partial charge < -0.3 is 0 Å². The van der Waals surface area contributed by atoms with Crippen LogP contribution in [0.5, 0.6) is 0 Å². The van der Waals surface area contributed by atoms with E-state index >= 15 is 0 Å². The maximum atomic E-state index is 11.0. The summed E-state index contributed by atoms with van der Waals surface area (Å²) in [5.74, 6) is 0. The Hall–Kier alpha value is -2.18. The van der Waals surface area contributed by atoms with Crippen molar-refractivity contribution in [3.8, 4) is 0 Å². The Bertz CT molecular complexity index is 484. The van der Waals surface area contributed by atoms with Gasteiger partial charge in [0.1, 0.15) is 0 Å². The molecule has 1 N–H and O–H groups in total. The van der Waals surface area contributed by atoms with Crippen LogP contribution >= 0.6 is 0 Å². The highest BCUT2D eigenvalue weighted by atomic mass is 16.6. The fourth-order valence-corrected chi connectivity index (χ4v) is 0.903. The molecule has 0 atom stereocenters. The maximum absolute atomic E-state index is 11.0. The normalized spacial score (nSPS) is 9.71. The number of allylic oxidation sites excluding steroid dienone is 1. The summed E-state index contributed by atoms with van der Waals surface area (Å²) in [6.07, 6.45) is 2.28. The number of nitro groups is 1. The van der Waals surface area contributed by atoms with E-state index in [1.54, 1.807) is 0 Å². The highest BCUT2D eigenvalue weighted by Gasteiger charge is 2.13. The summed E-state index contributed by atoms with van der Waals surface area (Å²) in [5, 5.41) is 10.3. The molecule has 0 bridgehead atoms. The summed E-state index contributed by atoms with van der Waals surface area (Å²) in [5.41, 5.74) is -2.35. The van der Waals surface area contributed by atoms with Gasteiger partial charge in [-0.05, 0) is 0 Å². The van der Waals surface area contributed by atoms with Gasteiger partial charge in [0, 0.05) is 6.54 Å². The second-order valence-electron chi connectivity index (χ2n) is 2.47. The van der Waals surface area contributed by atoms with E-state index in [1.807, 2.05) is 4.98 Å². The lowest BCUT2D eigenvalue weighted by atomic mass is 10.5. The van der Waals surface area contributed by atoms with E-state index in [2.05, 4.69) is 6.58 Å². The molecule has 0 spiro atoms.